The summed E-state index contributed by atoms with van der Waals surface area (Å²) in [7, 11) is 1.70. The molecule has 0 aromatic heterocycles. The first-order valence-electron chi connectivity index (χ1n) is 11.2. The number of amides is 1. The molecule has 1 aliphatic rings. The van der Waals surface area contributed by atoms with Crippen molar-refractivity contribution in [1.82, 2.24) is 15.5 Å². The van der Waals surface area contributed by atoms with Crippen molar-refractivity contribution in [2.75, 3.05) is 46.5 Å². The van der Waals surface area contributed by atoms with Gasteiger partial charge >= 0.3 is 0 Å². The molecule has 1 aromatic rings. The Hall–Kier alpha value is -2.28. The average molecular weight is 419 g/mol. The van der Waals surface area contributed by atoms with Crippen LogP contribution in [-0.2, 0) is 16.1 Å². The minimum Gasteiger partial charge on any atom is -0.493 e. The number of guanidine groups is 1. The van der Waals surface area contributed by atoms with E-state index in [1.165, 1.54) is 0 Å². The Labute approximate surface area is 181 Å². The second kappa shape index (κ2) is 14.7. The summed E-state index contributed by atoms with van der Waals surface area (Å²) in [6.45, 7) is 7.29. The number of ether oxygens (including phenoxy) is 2. The van der Waals surface area contributed by atoms with E-state index < -0.39 is 0 Å². The van der Waals surface area contributed by atoms with Crippen LogP contribution in [0, 0.1) is 0 Å². The van der Waals surface area contributed by atoms with Crippen LogP contribution in [0.25, 0.3) is 0 Å². The van der Waals surface area contributed by atoms with E-state index in [2.05, 4.69) is 28.6 Å². The fourth-order valence-electron chi connectivity index (χ4n) is 3.39. The van der Waals surface area contributed by atoms with Crippen LogP contribution in [0.1, 0.15) is 51.0 Å². The van der Waals surface area contributed by atoms with E-state index in [1.807, 2.05) is 23.1 Å². The number of hydrogen-bond acceptors (Lipinski definition) is 4. The van der Waals surface area contributed by atoms with Crippen LogP contribution in [0.4, 0.5) is 0 Å². The van der Waals surface area contributed by atoms with E-state index in [0.717, 1.165) is 75.6 Å². The Morgan fingerprint density at radius 3 is 2.90 bits per heavy atom. The number of carbonyl (C=O) groups is 1. The molecule has 1 aromatic carbocycles. The number of nitrogens with one attached hydrogen (secondary N) is 2. The molecular formula is C23H38N4O3. The van der Waals surface area contributed by atoms with Gasteiger partial charge in [0.05, 0.1) is 13.2 Å². The van der Waals surface area contributed by atoms with E-state index in [1.54, 1.807) is 7.11 Å². The third kappa shape index (κ3) is 9.48. The monoisotopic (exact) mass is 418 g/mol. The molecule has 2 N–H and O–H groups in total. The van der Waals surface area contributed by atoms with Gasteiger partial charge in [-0.2, -0.15) is 0 Å². The maximum Gasteiger partial charge on any atom is 0.222 e. The Kier molecular flexibility index (Phi) is 11.7. The average Bonchev–Trinajstić information content (AvgIpc) is 2.97. The fourth-order valence-corrected chi connectivity index (χ4v) is 3.39. The second-order valence-electron chi connectivity index (χ2n) is 7.51. The maximum absolute atomic E-state index is 12.1. The first kappa shape index (κ1) is 24.0. The summed E-state index contributed by atoms with van der Waals surface area (Å²) in [4.78, 5) is 18.8. The minimum atomic E-state index is 0.303. The van der Waals surface area contributed by atoms with Gasteiger partial charge < -0.3 is 25.0 Å². The molecule has 30 heavy (non-hydrogen) atoms. The first-order valence-corrected chi connectivity index (χ1v) is 11.2. The van der Waals surface area contributed by atoms with Crippen LogP contribution in [-0.4, -0.2) is 63.3 Å². The lowest BCUT2D eigenvalue weighted by molar-refractivity contribution is -0.130. The molecule has 7 heteroatoms. The highest BCUT2D eigenvalue weighted by Crippen LogP contribution is 2.14. The third-order valence-electron chi connectivity index (χ3n) is 4.99. The van der Waals surface area contributed by atoms with Gasteiger partial charge in [0.2, 0.25) is 5.91 Å². The Morgan fingerprint density at radius 1 is 1.17 bits per heavy atom. The lowest BCUT2D eigenvalue weighted by Crippen LogP contribution is -2.39. The van der Waals surface area contributed by atoms with Crippen molar-refractivity contribution in [2.45, 2.75) is 52.0 Å². The number of likely N-dealkylation sites (tertiary alicyclic amines) is 1. The van der Waals surface area contributed by atoms with Crippen molar-refractivity contribution in [1.29, 1.82) is 0 Å². The van der Waals surface area contributed by atoms with Crippen molar-refractivity contribution in [2.24, 2.45) is 4.99 Å². The molecule has 1 amide bonds. The van der Waals surface area contributed by atoms with Crippen LogP contribution in [0.15, 0.2) is 29.3 Å². The van der Waals surface area contributed by atoms with Crippen LogP contribution >= 0.6 is 0 Å². The predicted molar refractivity (Wildman–Crippen MR) is 121 cm³/mol. The normalized spacial score (nSPS) is 15.1. The van der Waals surface area contributed by atoms with Gasteiger partial charge in [-0.1, -0.05) is 18.6 Å². The van der Waals surface area contributed by atoms with E-state index in [-0.39, 0.29) is 0 Å². The van der Waals surface area contributed by atoms with Gasteiger partial charge in [0, 0.05) is 52.7 Å². The standard InChI is InChI=1S/C23H38N4O3/c1-3-24-23(25-13-8-15-27-14-6-4-5-12-22(27)28)26-19-20-10-7-11-21(18-20)30-17-9-16-29-2/h7,10-11,18H,3-6,8-9,12-17,19H2,1-2H3,(H2,24,25,26). The number of carbonyl (C=O) groups excluding carboxylic acids is 1. The van der Waals surface area contributed by atoms with Crippen molar-refractivity contribution >= 4 is 11.9 Å². The SMILES string of the molecule is CCNC(=NCc1cccc(OCCCOC)c1)NCCCN1CCCCCC1=O. The maximum atomic E-state index is 12.1. The summed E-state index contributed by atoms with van der Waals surface area (Å²) < 4.78 is 10.8. The molecule has 0 saturated carbocycles. The molecule has 168 valence electrons. The summed E-state index contributed by atoms with van der Waals surface area (Å²) in [6.07, 6.45) is 5.81. The largest absolute Gasteiger partial charge is 0.493 e. The van der Waals surface area contributed by atoms with Crippen LogP contribution in [0.2, 0.25) is 0 Å². The van der Waals surface area contributed by atoms with E-state index in [4.69, 9.17) is 9.47 Å². The number of rotatable bonds is 12. The molecule has 7 nitrogen and oxygen atoms in total. The van der Waals surface area contributed by atoms with Gasteiger partial charge in [0.25, 0.3) is 0 Å². The smallest absolute Gasteiger partial charge is 0.222 e. The highest BCUT2D eigenvalue weighted by Gasteiger charge is 2.15. The zero-order valence-corrected chi connectivity index (χ0v) is 18.6. The lowest BCUT2D eigenvalue weighted by Gasteiger charge is -2.20. The number of aliphatic imine (C=N–C) groups is 1. The summed E-state index contributed by atoms with van der Waals surface area (Å²) in [5.41, 5.74) is 1.10. The zero-order valence-electron chi connectivity index (χ0n) is 18.6. The highest BCUT2D eigenvalue weighted by molar-refractivity contribution is 5.79. The third-order valence-corrected chi connectivity index (χ3v) is 4.99. The van der Waals surface area contributed by atoms with E-state index >= 15 is 0 Å². The summed E-state index contributed by atoms with van der Waals surface area (Å²) in [5.74, 6) is 1.96. The van der Waals surface area contributed by atoms with Gasteiger partial charge in [0.15, 0.2) is 5.96 Å². The van der Waals surface area contributed by atoms with Gasteiger partial charge in [0.1, 0.15) is 5.75 Å². The molecule has 1 heterocycles. The quantitative estimate of drug-likeness (QED) is 0.310. The first-order chi connectivity index (χ1) is 14.7. The van der Waals surface area contributed by atoms with Crippen LogP contribution in [0.5, 0.6) is 5.75 Å². The molecule has 0 spiro atoms. The number of nitrogens with zero attached hydrogens (tertiary/aromatic N) is 2. The van der Waals surface area contributed by atoms with Gasteiger partial charge in [-0.15, -0.1) is 0 Å². The van der Waals surface area contributed by atoms with Gasteiger partial charge in [-0.3, -0.25) is 4.79 Å². The predicted octanol–water partition coefficient (Wildman–Crippen LogP) is 2.95. The summed E-state index contributed by atoms with van der Waals surface area (Å²) in [5, 5.41) is 6.67. The Morgan fingerprint density at radius 2 is 2.07 bits per heavy atom. The van der Waals surface area contributed by atoms with Crippen LogP contribution in [0.3, 0.4) is 0 Å². The number of methoxy groups -OCH3 is 1. The van der Waals surface area contributed by atoms with Gasteiger partial charge in [-0.25, -0.2) is 4.99 Å². The second-order valence-corrected chi connectivity index (χ2v) is 7.51. The molecule has 0 unspecified atom stereocenters. The van der Waals surface area contributed by atoms with Crippen molar-refractivity contribution in [3.63, 3.8) is 0 Å². The molecular weight excluding hydrogens is 380 g/mol. The molecule has 0 atom stereocenters. The van der Waals surface area contributed by atoms with E-state index in [9.17, 15) is 4.79 Å². The molecule has 0 radical (unpaired) electrons. The topological polar surface area (TPSA) is 75.2 Å². The summed E-state index contributed by atoms with van der Waals surface area (Å²) in [6, 6.07) is 8.05. The van der Waals surface area contributed by atoms with Crippen molar-refractivity contribution in [3.05, 3.63) is 29.8 Å². The van der Waals surface area contributed by atoms with Gasteiger partial charge in [-0.05, 0) is 43.9 Å². The molecule has 0 aliphatic carbocycles. The molecule has 1 aliphatic heterocycles. The van der Waals surface area contributed by atoms with Crippen molar-refractivity contribution in [3.8, 4) is 5.75 Å². The lowest BCUT2D eigenvalue weighted by atomic mass is 10.2. The highest BCUT2D eigenvalue weighted by atomic mass is 16.5. The minimum absolute atomic E-state index is 0.303. The zero-order chi connectivity index (χ0) is 21.4. The summed E-state index contributed by atoms with van der Waals surface area (Å²) >= 11 is 0. The Bertz CT molecular complexity index is 651. The Balaban J connectivity index is 1.77. The number of benzene rings is 1. The molecule has 1 fully saturated rings. The molecule has 2 rings (SSSR count). The fraction of sp³-hybridized carbons (Fsp3) is 0.652. The van der Waals surface area contributed by atoms with Crippen LogP contribution < -0.4 is 15.4 Å². The van der Waals surface area contributed by atoms with E-state index in [0.29, 0.717) is 32.1 Å². The molecule has 0 bridgehead atoms. The molecule has 1 saturated heterocycles. The van der Waals surface area contributed by atoms with Crippen molar-refractivity contribution < 1.29 is 14.3 Å². The number of hydrogen-bond donors (Lipinski definition) is 2.